The molecule has 7 heteroatoms. The molecule has 1 saturated carbocycles. The summed E-state index contributed by atoms with van der Waals surface area (Å²) in [5.74, 6) is 0.0277. The summed E-state index contributed by atoms with van der Waals surface area (Å²) >= 11 is 0. The van der Waals surface area contributed by atoms with E-state index in [-0.39, 0.29) is 23.9 Å². The fourth-order valence-corrected chi connectivity index (χ4v) is 3.90. The molecule has 150 valence electrons. The van der Waals surface area contributed by atoms with Crippen molar-refractivity contribution in [2.75, 3.05) is 7.05 Å². The Morgan fingerprint density at radius 2 is 2.07 bits per heavy atom. The second-order valence-corrected chi connectivity index (χ2v) is 7.54. The summed E-state index contributed by atoms with van der Waals surface area (Å²) < 4.78 is 1.94. The van der Waals surface area contributed by atoms with Crippen molar-refractivity contribution in [3.05, 3.63) is 54.6 Å². The molecule has 0 unspecified atom stereocenters. The summed E-state index contributed by atoms with van der Waals surface area (Å²) in [6.45, 7) is 1.85. The van der Waals surface area contributed by atoms with Gasteiger partial charge in [-0.3, -0.25) is 14.6 Å². The molecule has 3 heterocycles. The molecule has 29 heavy (non-hydrogen) atoms. The van der Waals surface area contributed by atoms with Gasteiger partial charge in [-0.1, -0.05) is 6.92 Å². The summed E-state index contributed by atoms with van der Waals surface area (Å²) in [5, 5.41) is 3.03. The molecule has 4 rings (SSSR count). The van der Waals surface area contributed by atoms with Gasteiger partial charge in [-0.15, -0.1) is 0 Å². The predicted octanol–water partition coefficient (Wildman–Crippen LogP) is 2.92. The number of hydrogen-bond acceptors (Lipinski definition) is 4. The lowest BCUT2D eigenvalue weighted by molar-refractivity contribution is -0.121. The van der Waals surface area contributed by atoms with Crippen LogP contribution in [0.15, 0.2) is 49.1 Å². The molecule has 7 nitrogen and oxygen atoms in total. The second kappa shape index (κ2) is 8.03. The number of imidazole rings is 1. The lowest BCUT2D eigenvalue weighted by Crippen LogP contribution is -2.38. The van der Waals surface area contributed by atoms with Gasteiger partial charge in [-0.2, -0.15) is 0 Å². The van der Waals surface area contributed by atoms with E-state index in [4.69, 9.17) is 0 Å². The number of nitrogens with one attached hydrogen (secondary N) is 1. The van der Waals surface area contributed by atoms with Crippen LogP contribution in [0.5, 0.6) is 0 Å². The number of pyridine rings is 2. The van der Waals surface area contributed by atoms with E-state index in [9.17, 15) is 9.59 Å². The molecule has 1 N–H and O–H groups in total. The van der Waals surface area contributed by atoms with E-state index in [0.29, 0.717) is 12.0 Å². The van der Waals surface area contributed by atoms with Gasteiger partial charge in [0.25, 0.3) is 5.91 Å². The van der Waals surface area contributed by atoms with E-state index in [2.05, 4.69) is 15.3 Å². The van der Waals surface area contributed by atoms with Crippen LogP contribution in [-0.2, 0) is 4.79 Å². The van der Waals surface area contributed by atoms with Crippen molar-refractivity contribution in [1.29, 1.82) is 0 Å². The molecular formula is C22H25N5O2. The molecule has 0 aromatic carbocycles. The Labute approximate surface area is 169 Å². The van der Waals surface area contributed by atoms with Crippen LogP contribution in [0.3, 0.4) is 0 Å². The first kappa shape index (κ1) is 19.1. The van der Waals surface area contributed by atoms with E-state index in [1.54, 1.807) is 17.3 Å². The minimum Gasteiger partial charge on any atom is -0.353 e. The van der Waals surface area contributed by atoms with Gasteiger partial charge in [-0.25, -0.2) is 4.98 Å². The topological polar surface area (TPSA) is 79.6 Å². The van der Waals surface area contributed by atoms with Gasteiger partial charge in [0, 0.05) is 55.9 Å². The maximum absolute atomic E-state index is 12.9. The molecule has 0 aliphatic heterocycles. The van der Waals surface area contributed by atoms with E-state index in [1.165, 1.54) is 0 Å². The minimum atomic E-state index is -0.0402. The number of rotatable bonds is 5. The highest BCUT2D eigenvalue weighted by Crippen LogP contribution is 2.25. The lowest BCUT2D eigenvalue weighted by atomic mass is 10.1. The van der Waals surface area contributed by atoms with Crippen molar-refractivity contribution >= 4 is 17.5 Å². The van der Waals surface area contributed by atoms with E-state index in [0.717, 1.165) is 36.2 Å². The lowest BCUT2D eigenvalue weighted by Gasteiger charge is -2.25. The van der Waals surface area contributed by atoms with E-state index < -0.39 is 0 Å². The third-order valence-corrected chi connectivity index (χ3v) is 5.65. The molecule has 1 fully saturated rings. The van der Waals surface area contributed by atoms with Crippen LogP contribution in [-0.4, -0.2) is 50.2 Å². The van der Waals surface area contributed by atoms with E-state index >= 15 is 0 Å². The molecule has 0 saturated heterocycles. The molecule has 1 aliphatic rings. The summed E-state index contributed by atoms with van der Waals surface area (Å²) in [4.78, 5) is 35.0. The zero-order chi connectivity index (χ0) is 20.4. The van der Waals surface area contributed by atoms with Crippen LogP contribution in [0.4, 0.5) is 0 Å². The number of aromatic nitrogens is 3. The van der Waals surface area contributed by atoms with Crippen molar-refractivity contribution in [2.45, 2.75) is 44.7 Å². The molecule has 0 bridgehead atoms. The number of hydrogen-bond donors (Lipinski definition) is 1. The van der Waals surface area contributed by atoms with Gasteiger partial charge < -0.3 is 14.6 Å². The predicted molar refractivity (Wildman–Crippen MR) is 110 cm³/mol. The summed E-state index contributed by atoms with van der Waals surface area (Å²) in [6, 6.07) is 7.90. The SMILES string of the molecule is CCC(=O)N[C@H]1CC[C@@H](N(C)C(=O)c2ccc(-c3ccc4nccn4c3)nc2)C1. The highest BCUT2D eigenvalue weighted by Gasteiger charge is 2.31. The van der Waals surface area contributed by atoms with Crippen LogP contribution in [0, 0.1) is 0 Å². The van der Waals surface area contributed by atoms with E-state index in [1.807, 2.05) is 55.0 Å². The second-order valence-electron chi connectivity index (χ2n) is 7.54. The Kier molecular flexibility index (Phi) is 5.29. The quantitative estimate of drug-likeness (QED) is 0.725. The van der Waals surface area contributed by atoms with Crippen molar-refractivity contribution in [1.82, 2.24) is 24.6 Å². The zero-order valence-corrected chi connectivity index (χ0v) is 16.7. The maximum atomic E-state index is 12.9. The molecule has 0 spiro atoms. The molecule has 0 radical (unpaired) electrons. The van der Waals surface area contributed by atoms with Crippen LogP contribution >= 0.6 is 0 Å². The van der Waals surface area contributed by atoms with Gasteiger partial charge in [0.15, 0.2) is 0 Å². The monoisotopic (exact) mass is 391 g/mol. The smallest absolute Gasteiger partial charge is 0.255 e. The highest BCUT2D eigenvalue weighted by molar-refractivity contribution is 5.94. The highest BCUT2D eigenvalue weighted by atomic mass is 16.2. The third-order valence-electron chi connectivity index (χ3n) is 5.65. The van der Waals surface area contributed by atoms with Crippen LogP contribution < -0.4 is 5.32 Å². The molecule has 2 atom stereocenters. The third kappa shape index (κ3) is 3.99. The Balaban J connectivity index is 1.43. The number of fused-ring (bicyclic) bond motifs is 1. The van der Waals surface area contributed by atoms with Crippen LogP contribution in [0.1, 0.15) is 43.0 Å². The Morgan fingerprint density at radius 3 is 2.83 bits per heavy atom. The van der Waals surface area contributed by atoms with Crippen molar-refractivity contribution < 1.29 is 9.59 Å². The van der Waals surface area contributed by atoms with Crippen LogP contribution in [0.25, 0.3) is 16.9 Å². The number of nitrogens with zero attached hydrogens (tertiary/aromatic N) is 4. The average molecular weight is 391 g/mol. The average Bonchev–Trinajstić information content (AvgIpc) is 3.41. The Morgan fingerprint density at radius 1 is 1.21 bits per heavy atom. The first-order valence-electron chi connectivity index (χ1n) is 10.0. The van der Waals surface area contributed by atoms with Gasteiger partial charge in [0.2, 0.25) is 5.91 Å². The Hall–Kier alpha value is -3.22. The van der Waals surface area contributed by atoms with Crippen molar-refractivity contribution in [3.63, 3.8) is 0 Å². The molecule has 3 aromatic rings. The van der Waals surface area contributed by atoms with Crippen LogP contribution in [0.2, 0.25) is 0 Å². The largest absolute Gasteiger partial charge is 0.353 e. The van der Waals surface area contributed by atoms with Crippen molar-refractivity contribution in [3.8, 4) is 11.3 Å². The van der Waals surface area contributed by atoms with Gasteiger partial charge in [-0.05, 0) is 43.5 Å². The fourth-order valence-electron chi connectivity index (χ4n) is 3.90. The van der Waals surface area contributed by atoms with Gasteiger partial charge in [0.1, 0.15) is 5.65 Å². The zero-order valence-electron chi connectivity index (χ0n) is 16.7. The number of carbonyl (C=O) groups excluding carboxylic acids is 2. The minimum absolute atomic E-state index is 0.0402. The first-order chi connectivity index (χ1) is 14.0. The maximum Gasteiger partial charge on any atom is 0.255 e. The molecule has 3 aromatic heterocycles. The van der Waals surface area contributed by atoms with Gasteiger partial charge >= 0.3 is 0 Å². The Bertz CT molecular complexity index is 1030. The normalized spacial score (nSPS) is 18.7. The number of amides is 2. The van der Waals surface area contributed by atoms with Gasteiger partial charge in [0.05, 0.1) is 11.3 Å². The molecule has 1 aliphatic carbocycles. The first-order valence-corrected chi connectivity index (χ1v) is 10.0. The summed E-state index contributed by atoms with van der Waals surface area (Å²) in [7, 11) is 1.83. The van der Waals surface area contributed by atoms with Crippen molar-refractivity contribution in [2.24, 2.45) is 0 Å². The number of carbonyl (C=O) groups is 2. The summed E-state index contributed by atoms with van der Waals surface area (Å²) in [6.07, 6.45) is 10.3. The molecule has 2 amide bonds. The standard InChI is InChI=1S/C22H25N5O2/c1-3-21(28)25-17-6-7-18(12-17)26(2)22(29)15-4-8-19(24-13-15)16-5-9-20-23-10-11-27(20)14-16/h4-5,8-11,13-14,17-18H,3,6-7,12H2,1-2H3,(H,25,28)/t17-,18+/m0/s1. The molecular weight excluding hydrogens is 366 g/mol. The summed E-state index contributed by atoms with van der Waals surface area (Å²) in [5.41, 5.74) is 3.23. The fraction of sp³-hybridized carbons (Fsp3) is 0.364.